The first-order valence-corrected chi connectivity index (χ1v) is 11.3. The molecule has 0 bridgehead atoms. The number of aromatic nitrogens is 2. The maximum Gasteiger partial charge on any atom is 0.252 e. The van der Waals surface area contributed by atoms with Gasteiger partial charge in [0.1, 0.15) is 0 Å². The number of nitrogens with one attached hydrogen (secondary N) is 1. The highest BCUT2D eigenvalue weighted by Crippen LogP contribution is 2.28. The molecule has 3 aromatic rings. The number of benzene rings is 2. The summed E-state index contributed by atoms with van der Waals surface area (Å²) in [5.74, 6) is -0.0751. The Kier molecular flexibility index (Phi) is 6.53. The van der Waals surface area contributed by atoms with Gasteiger partial charge in [0.05, 0.1) is 12.2 Å². The van der Waals surface area contributed by atoms with Crippen LogP contribution < -0.4 is 10.2 Å². The first-order chi connectivity index (χ1) is 15.3. The molecule has 1 aliphatic heterocycles. The van der Waals surface area contributed by atoms with Gasteiger partial charge in [-0.15, -0.1) is 0 Å². The summed E-state index contributed by atoms with van der Waals surface area (Å²) in [4.78, 5) is 17.9. The van der Waals surface area contributed by atoms with Crippen molar-refractivity contribution >= 4 is 23.2 Å². The van der Waals surface area contributed by atoms with Crippen LogP contribution >= 0.6 is 11.6 Å². The summed E-state index contributed by atoms with van der Waals surface area (Å²) >= 11 is 6.40. The normalized spacial score (nSPS) is 15.6. The molecule has 1 N–H and O–H groups in total. The topological polar surface area (TPSA) is 53.4 Å². The fraction of sp³-hybridized carbons (Fsp3) is 0.360. The zero-order valence-corrected chi connectivity index (χ0v) is 19.9. The number of anilines is 1. The van der Waals surface area contributed by atoms with Crippen LogP contribution in [-0.4, -0.2) is 53.8 Å². The molecular formula is C25H30ClN5O. The molecule has 4 rings (SSSR count). The van der Waals surface area contributed by atoms with E-state index in [1.807, 2.05) is 57.6 Å². The Bertz CT molecular complexity index is 1120. The second kappa shape index (κ2) is 9.35. The largest absolute Gasteiger partial charge is 0.369 e. The zero-order chi connectivity index (χ0) is 22.8. The van der Waals surface area contributed by atoms with Gasteiger partial charge in [0.2, 0.25) is 0 Å². The van der Waals surface area contributed by atoms with Gasteiger partial charge in [-0.1, -0.05) is 17.7 Å². The van der Waals surface area contributed by atoms with Crippen LogP contribution in [0.5, 0.6) is 0 Å². The van der Waals surface area contributed by atoms with E-state index in [4.69, 9.17) is 11.6 Å². The molecule has 1 saturated heterocycles. The Balaban J connectivity index is 1.53. The van der Waals surface area contributed by atoms with E-state index >= 15 is 0 Å². The quantitative estimate of drug-likeness (QED) is 0.628. The fourth-order valence-corrected chi connectivity index (χ4v) is 4.32. The summed E-state index contributed by atoms with van der Waals surface area (Å²) in [6, 6.07) is 11.8. The van der Waals surface area contributed by atoms with Crippen molar-refractivity contribution in [1.82, 2.24) is 20.0 Å². The average Bonchev–Trinajstić information content (AvgIpc) is 3.20. The number of carbonyl (C=O) groups is 1. The van der Waals surface area contributed by atoms with Crippen LogP contribution in [0.4, 0.5) is 5.69 Å². The second-order valence-electron chi connectivity index (χ2n) is 8.66. The lowest BCUT2D eigenvalue weighted by atomic mass is 10.0. The van der Waals surface area contributed by atoms with Crippen LogP contribution in [0.2, 0.25) is 5.02 Å². The molecule has 0 saturated carbocycles. The number of carbonyl (C=O) groups excluding carboxylic acids is 1. The summed E-state index contributed by atoms with van der Waals surface area (Å²) in [5, 5.41) is 8.03. The molecule has 2 aromatic carbocycles. The number of hydrogen-bond acceptors (Lipinski definition) is 4. The van der Waals surface area contributed by atoms with E-state index in [0.717, 1.165) is 54.1 Å². The highest BCUT2D eigenvalue weighted by atomic mass is 35.5. The molecule has 6 nitrogen and oxygen atoms in total. The van der Waals surface area contributed by atoms with Crippen LogP contribution in [0.1, 0.15) is 34.5 Å². The monoisotopic (exact) mass is 451 g/mol. The standard InChI is InChI=1S/C25H30ClN5O/c1-17-5-6-23(31-9-7-29(3)8-10-31)14-24(17)25(32)28-18(2)19-11-20(13-22(26)12-19)21-15-27-30(4)16-21/h5-6,11-16,18H,7-10H2,1-4H3,(H,28,32)/t18-/m1/s1. The predicted octanol–water partition coefficient (Wildman–Crippen LogP) is 4.29. The number of nitrogens with zero attached hydrogens (tertiary/aromatic N) is 4. The van der Waals surface area contributed by atoms with E-state index < -0.39 is 0 Å². The van der Waals surface area contributed by atoms with Gasteiger partial charge in [-0.05, 0) is 67.9 Å². The minimum Gasteiger partial charge on any atom is -0.369 e. The minimum atomic E-state index is -0.191. The van der Waals surface area contributed by atoms with Gasteiger partial charge < -0.3 is 15.1 Å². The molecule has 168 valence electrons. The molecule has 1 fully saturated rings. The van der Waals surface area contributed by atoms with Crippen molar-refractivity contribution in [1.29, 1.82) is 0 Å². The fourth-order valence-electron chi connectivity index (χ4n) is 4.07. The Hall–Kier alpha value is -2.83. The third-order valence-electron chi connectivity index (χ3n) is 6.14. The van der Waals surface area contributed by atoms with E-state index in [2.05, 4.69) is 39.4 Å². The number of piperazine rings is 1. The van der Waals surface area contributed by atoms with Crippen molar-refractivity contribution in [2.45, 2.75) is 19.9 Å². The van der Waals surface area contributed by atoms with Crippen LogP contribution in [-0.2, 0) is 7.05 Å². The zero-order valence-electron chi connectivity index (χ0n) is 19.1. The van der Waals surface area contributed by atoms with E-state index in [-0.39, 0.29) is 11.9 Å². The van der Waals surface area contributed by atoms with Crippen molar-refractivity contribution in [3.8, 4) is 11.1 Å². The summed E-state index contributed by atoms with van der Waals surface area (Å²) in [6.45, 7) is 7.96. The summed E-state index contributed by atoms with van der Waals surface area (Å²) < 4.78 is 1.76. The third kappa shape index (κ3) is 4.97. The maximum absolute atomic E-state index is 13.2. The van der Waals surface area contributed by atoms with Gasteiger partial charge in [0.15, 0.2) is 0 Å². The van der Waals surface area contributed by atoms with Crippen molar-refractivity contribution < 1.29 is 4.79 Å². The average molecular weight is 452 g/mol. The lowest BCUT2D eigenvalue weighted by Crippen LogP contribution is -2.44. The molecule has 0 spiro atoms. The smallest absolute Gasteiger partial charge is 0.252 e. The number of rotatable bonds is 5. The Morgan fingerprint density at radius 2 is 1.81 bits per heavy atom. The van der Waals surface area contributed by atoms with Gasteiger partial charge in [-0.25, -0.2) is 0 Å². The maximum atomic E-state index is 13.2. The van der Waals surface area contributed by atoms with Gasteiger partial charge in [-0.2, -0.15) is 5.10 Å². The lowest BCUT2D eigenvalue weighted by molar-refractivity contribution is 0.0939. The van der Waals surface area contributed by atoms with Gasteiger partial charge >= 0.3 is 0 Å². The summed E-state index contributed by atoms with van der Waals surface area (Å²) in [7, 11) is 4.03. The molecule has 0 radical (unpaired) electrons. The van der Waals surface area contributed by atoms with Crippen molar-refractivity contribution in [3.63, 3.8) is 0 Å². The summed E-state index contributed by atoms with van der Waals surface area (Å²) in [5.41, 5.74) is 5.71. The highest BCUT2D eigenvalue weighted by molar-refractivity contribution is 6.31. The first-order valence-electron chi connectivity index (χ1n) is 10.9. The van der Waals surface area contributed by atoms with Gasteiger partial charge in [0.25, 0.3) is 5.91 Å². The third-order valence-corrected chi connectivity index (χ3v) is 6.36. The number of likely N-dealkylation sites (N-methyl/N-ethyl adjacent to an activating group) is 1. The van der Waals surface area contributed by atoms with Crippen LogP contribution in [0.25, 0.3) is 11.1 Å². The van der Waals surface area contributed by atoms with Crippen LogP contribution in [0, 0.1) is 6.92 Å². The van der Waals surface area contributed by atoms with Crippen LogP contribution in [0.3, 0.4) is 0 Å². The number of amides is 1. The van der Waals surface area contributed by atoms with E-state index in [0.29, 0.717) is 10.6 Å². The molecule has 1 aliphatic rings. The Morgan fingerprint density at radius 1 is 1.06 bits per heavy atom. The molecule has 1 aromatic heterocycles. The SMILES string of the molecule is Cc1ccc(N2CCN(C)CC2)cc1C(=O)N[C@H](C)c1cc(Cl)cc(-c2cnn(C)c2)c1. The molecule has 2 heterocycles. The first kappa shape index (κ1) is 22.4. The molecular weight excluding hydrogens is 422 g/mol. The van der Waals surface area contributed by atoms with Crippen LogP contribution in [0.15, 0.2) is 48.8 Å². The van der Waals surface area contributed by atoms with E-state index in [9.17, 15) is 4.79 Å². The number of aryl methyl sites for hydroxylation is 2. The Morgan fingerprint density at radius 3 is 2.50 bits per heavy atom. The molecule has 7 heteroatoms. The van der Waals surface area contributed by atoms with Gasteiger partial charge in [-0.3, -0.25) is 9.48 Å². The highest BCUT2D eigenvalue weighted by Gasteiger charge is 2.19. The summed E-state index contributed by atoms with van der Waals surface area (Å²) in [6.07, 6.45) is 3.76. The number of hydrogen-bond donors (Lipinski definition) is 1. The van der Waals surface area contributed by atoms with Gasteiger partial charge in [0, 0.05) is 61.3 Å². The molecule has 1 amide bonds. The predicted molar refractivity (Wildman–Crippen MR) is 130 cm³/mol. The molecule has 0 unspecified atom stereocenters. The van der Waals surface area contributed by atoms with Crippen molar-refractivity contribution in [3.05, 3.63) is 70.5 Å². The molecule has 32 heavy (non-hydrogen) atoms. The lowest BCUT2D eigenvalue weighted by Gasteiger charge is -2.34. The van der Waals surface area contributed by atoms with Crippen molar-refractivity contribution in [2.75, 3.05) is 38.1 Å². The van der Waals surface area contributed by atoms with E-state index in [1.165, 1.54) is 0 Å². The minimum absolute atomic E-state index is 0.0751. The van der Waals surface area contributed by atoms with Crippen molar-refractivity contribution in [2.24, 2.45) is 7.05 Å². The Labute approximate surface area is 194 Å². The number of halogens is 1. The molecule has 1 atom stereocenters. The van der Waals surface area contributed by atoms with E-state index in [1.54, 1.807) is 4.68 Å². The molecule has 0 aliphatic carbocycles. The second-order valence-corrected chi connectivity index (χ2v) is 9.10.